The van der Waals surface area contributed by atoms with Gasteiger partial charge in [-0.1, -0.05) is 80.2 Å². The molecule has 8 aromatic rings. The summed E-state index contributed by atoms with van der Waals surface area (Å²) in [4.78, 5) is 28.1. The summed E-state index contributed by atoms with van der Waals surface area (Å²) in [5.41, 5.74) is 13.2. The highest BCUT2D eigenvalue weighted by Crippen LogP contribution is 2.35. The molecule has 0 saturated heterocycles. The van der Waals surface area contributed by atoms with Crippen LogP contribution >= 0.6 is 0 Å². The van der Waals surface area contributed by atoms with Gasteiger partial charge in [0.05, 0.1) is 48.6 Å². The number of methoxy groups -OCH3 is 5. The predicted molar refractivity (Wildman–Crippen MR) is 406 cm³/mol. The van der Waals surface area contributed by atoms with Crippen LogP contribution in [0.1, 0.15) is 97.4 Å². The number of amides is 1. The number of carbonyl (C=O) groups excluding carboxylic acids is 2. The highest BCUT2D eigenvalue weighted by Gasteiger charge is 2.27. The van der Waals surface area contributed by atoms with E-state index in [4.69, 9.17) is 48.4 Å². The van der Waals surface area contributed by atoms with Crippen LogP contribution in [0.15, 0.2) is 170 Å². The number of ether oxygens (including phenoxy) is 9. The van der Waals surface area contributed by atoms with E-state index in [1.165, 1.54) is 99.7 Å². The number of halogens is 4. The number of nitrogens with zero attached hydrogens (tertiary/aromatic N) is 2. The number of hydrogen-bond donors (Lipinski definition) is 3. The summed E-state index contributed by atoms with van der Waals surface area (Å²) >= 11 is 0. The van der Waals surface area contributed by atoms with Crippen LogP contribution in [0.3, 0.4) is 0 Å². The van der Waals surface area contributed by atoms with Gasteiger partial charge in [0.1, 0.15) is 49.7 Å². The Labute approximate surface area is 620 Å². The summed E-state index contributed by atoms with van der Waals surface area (Å²) in [6.45, 7) is 10.7. The van der Waals surface area contributed by atoms with Crippen molar-refractivity contribution in [2.24, 2.45) is 23.5 Å². The minimum absolute atomic E-state index is 0. The first-order chi connectivity index (χ1) is 50.1. The minimum Gasteiger partial charge on any atom is -0.493 e. The van der Waals surface area contributed by atoms with Gasteiger partial charge in [0.2, 0.25) is 5.91 Å². The quantitative estimate of drug-likeness (QED) is 0.0144. The van der Waals surface area contributed by atoms with Crippen LogP contribution in [0.4, 0.5) is 17.6 Å². The summed E-state index contributed by atoms with van der Waals surface area (Å²) in [6.07, 6.45) is 11.1. The Hall–Kier alpha value is -9.28. The SMILES string of the molecule is C.CCNC(=O)CN(CCc1ccc(OCc2cccc(F)c2)c(OC)c1)CC1CC1.COC(=O)CN(CCc1ccc(OCc2cccc(F)c2)c(OC)c1)CC1CC1.COc1cc(CCN)ccc1OCc1cccc(F)c1.COc1cc(CCNCC2CC2)ccc1OCc1cccc(F)c1.[B]. The van der Waals surface area contributed by atoms with Gasteiger partial charge in [-0.3, -0.25) is 19.4 Å². The largest absolute Gasteiger partial charge is 0.493 e. The van der Waals surface area contributed by atoms with Crippen LogP contribution in [0.5, 0.6) is 46.0 Å². The second-order valence-electron chi connectivity index (χ2n) is 25.9. The maximum atomic E-state index is 13.3. The van der Waals surface area contributed by atoms with Gasteiger partial charge in [-0.2, -0.15) is 0 Å². The van der Waals surface area contributed by atoms with Crippen molar-refractivity contribution >= 4 is 20.3 Å². The third kappa shape index (κ3) is 31.5. The van der Waals surface area contributed by atoms with Gasteiger partial charge >= 0.3 is 5.97 Å². The van der Waals surface area contributed by atoms with Crippen LogP contribution in [0.25, 0.3) is 0 Å². The average Bonchev–Trinajstić information content (AvgIpc) is 1.71. The van der Waals surface area contributed by atoms with Gasteiger partial charge in [-0.05, 0) is 250 Å². The Morgan fingerprint density at radius 3 is 1.07 bits per heavy atom. The first-order valence-corrected chi connectivity index (χ1v) is 35.5. The molecule has 3 aliphatic carbocycles. The molecule has 3 aliphatic rings. The number of esters is 1. The molecule has 8 aromatic carbocycles. The fourth-order valence-electron chi connectivity index (χ4n) is 11.2. The van der Waals surface area contributed by atoms with Crippen molar-refractivity contribution in [3.05, 3.63) is 238 Å². The van der Waals surface area contributed by atoms with Crippen molar-refractivity contribution < 1.29 is 69.8 Å². The molecule has 0 bridgehead atoms. The average molecular weight is 1450 g/mol. The molecule has 3 radical (unpaired) electrons. The molecule has 0 atom stereocenters. The van der Waals surface area contributed by atoms with Crippen LogP contribution in [0.2, 0.25) is 0 Å². The number of nitrogens with one attached hydrogen (secondary N) is 2. The van der Waals surface area contributed by atoms with Gasteiger partial charge in [0.15, 0.2) is 46.0 Å². The zero-order chi connectivity index (χ0) is 73.1. The van der Waals surface area contributed by atoms with Crippen LogP contribution in [0, 0.1) is 41.0 Å². The Morgan fingerprint density at radius 1 is 0.429 bits per heavy atom. The molecule has 563 valence electrons. The molecule has 0 aliphatic heterocycles. The van der Waals surface area contributed by atoms with E-state index in [1.54, 1.807) is 52.7 Å². The molecule has 0 aromatic heterocycles. The fourth-order valence-corrected chi connectivity index (χ4v) is 11.2. The maximum Gasteiger partial charge on any atom is 0.319 e. The first kappa shape index (κ1) is 84.7. The zero-order valence-corrected chi connectivity index (χ0v) is 60.9. The van der Waals surface area contributed by atoms with Crippen molar-refractivity contribution in [1.29, 1.82) is 0 Å². The van der Waals surface area contributed by atoms with Crippen molar-refractivity contribution in [3.8, 4) is 46.0 Å². The van der Waals surface area contributed by atoms with Gasteiger partial charge in [-0.15, -0.1) is 0 Å². The molecule has 16 nitrogen and oxygen atoms in total. The summed E-state index contributed by atoms with van der Waals surface area (Å²) in [7, 11) is 7.87. The van der Waals surface area contributed by atoms with Gasteiger partial charge in [0.25, 0.3) is 0 Å². The lowest BCUT2D eigenvalue weighted by Crippen LogP contribution is -2.39. The smallest absolute Gasteiger partial charge is 0.319 e. The summed E-state index contributed by atoms with van der Waals surface area (Å²) < 4.78 is 103. The lowest BCUT2D eigenvalue weighted by molar-refractivity contribution is -0.142. The maximum absolute atomic E-state index is 13.3. The second-order valence-corrected chi connectivity index (χ2v) is 25.9. The lowest BCUT2D eigenvalue weighted by Gasteiger charge is -2.22. The minimum atomic E-state index is -0.281. The Bertz CT molecular complexity index is 3900. The van der Waals surface area contributed by atoms with E-state index in [0.717, 1.165) is 116 Å². The molecule has 0 heterocycles. The van der Waals surface area contributed by atoms with Gasteiger partial charge in [0, 0.05) is 41.1 Å². The van der Waals surface area contributed by atoms with E-state index in [-0.39, 0.29) is 64.2 Å². The summed E-state index contributed by atoms with van der Waals surface area (Å²) in [5, 5.41) is 6.38. The van der Waals surface area contributed by atoms with E-state index in [9.17, 15) is 27.2 Å². The Morgan fingerprint density at radius 2 is 0.762 bits per heavy atom. The molecule has 4 N–H and O–H groups in total. The standard InChI is InChI=1S/C24H31FN2O3.C23H28FNO4.C20H24FNO2.C16H18FNO2.CH4.B/c1-3-26-24(28)16-27(15-19-7-8-19)12-11-18-9-10-22(23(14-18)29-2)30-17-20-5-4-6-21(25)13-20;1-27-22-13-17(10-11-25(14-18-6-7-18)15-23(26)28-2)8-9-21(22)29-16-19-4-3-5-20(24)12-19;1-23-20-12-15(9-10-22-13-16-5-6-16)7-8-19(20)24-14-17-3-2-4-18(21)11-17;1-19-16-10-12(7-8-18)5-6-15(16)20-11-13-3-2-4-14(17)9-13;;/h4-6,9-10,13-14,19H,3,7-8,11-12,15-17H2,1-2H3,(H,26,28);3-5,8-9,12-13,18H,6-7,10-11,14-16H2,1-2H3;2-4,7-8,11-12,16,22H,5-6,9-10,13-14H2,1H3;2-6,9-10H,7-8,11,18H2,1H3;1H4;. The van der Waals surface area contributed by atoms with Crippen molar-refractivity contribution in [3.63, 3.8) is 0 Å². The molecule has 21 heteroatoms. The molecule has 0 spiro atoms. The first-order valence-electron chi connectivity index (χ1n) is 35.5. The molecular weight excluding hydrogens is 1340 g/mol. The number of hydrogen-bond acceptors (Lipinski definition) is 15. The zero-order valence-electron chi connectivity index (χ0n) is 60.9. The fraction of sp³-hybridized carbons (Fsp3) is 0.405. The van der Waals surface area contributed by atoms with E-state index in [2.05, 4.69) is 26.5 Å². The molecule has 3 saturated carbocycles. The van der Waals surface area contributed by atoms with E-state index < -0.39 is 0 Å². The van der Waals surface area contributed by atoms with Crippen LogP contribution in [-0.2, 0) is 66.4 Å². The molecule has 11 rings (SSSR count). The van der Waals surface area contributed by atoms with E-state index in [0.29, 0.717) is 91.3 Å². The molecule has 105 heavy (non-hydrogen) atoms. The molecular formula is C84H105BF4N5O11. The van der Waals surface area contributed by atoms with E-state index >= 15 is 0 Å². The van der Waals surface area contributed by atoms with Crippen LogP contribution < -0.4 is 54.3 Å². The normalized spacial score (nSPS) is 12.6. The van der Waals surface area contributed by atoms with Crippen molar-refractivity contribution in [2.45, 2.75) is 105 Å². The van der Waals surface area contributed by atoms with Crippen LogP contribution in [-0.4, -0.2) is 131 Å². The number of rotatable bonds is 38. The summed E-state index contributed by atoms with van der Waals surface area (Å²) in [5.74, 6) is 6.35. The number of likely N-dealkylation sites (N-methyl/N-ethyl adjacent to an activating group) is 1. The topological polar surface area (TPSA) is 174 Å². The van der Waals surface area contributed by atoms with Crippen molar-refractivity contribution in [1.82, 2.24) is 20.4 Å². The number of benzene rings is 8. The third-order valence-electron chi connectivity index (χ3n) is 17.4. The second kappa shape index (κ2) is 45.8. The predicted octanol–water partition coefficient (Wildman–Crippen LogP) is 14.8. The third-order valence-corrected chi connectivity index (χ3v) is 17.4. The molecule has 3 fully saturated rings. The molecule has 0 unspecified atom stereocenters. The van der Waals surface area contributed by atoms with Crippen molar-refractivity contribution in [2.75, 3.05) is 101 Å². The highest BCUT2D eigenvalue weighted by atomic mass is 19.1. The number of nitrogens with two attached hydrogens (primary N) is 1. The Kier molecular flexibility index (Phi) is 37.0. The van der Waals surface area contributed by atoms with E-state index in [1.807, 2.05) is 97.9 Å². The molecule has 1 amide bonds. The van der Waals surface area contributed by atoms with Gasteiger partial charge < -0.3 is 59.0 Å². The lowest BCUT2D eigenvalue weighted by atomic mass is 10.1. The van der Waals surface area contributed by atoms with Gasteiger partial charge in [-0.25, -0.2) is 17.6 Å². The monoisotopic (exact) mass is 1450 g/mol. The Balaban J connectivity index is 0.000000220. The summed E-state index contributed by atoms with van der Waals surface area (Å²) in [6, 6.07) is 48.9. The number of carbonyl (C=O) groups is 2. The highest BCUT2D eigenvalue weighted by molar-refractivity contribution is 5.78.